The molecule has 0 bridgehead atoms. The van der Waals surface area contributed by atoms with Crippen molar-refractivity contribution in [3.05, 3.63) is 170 Å². The van der Waals surface area contributed by atoms with Gasteiger partial charge in [-0.2, -0.15) is 0 Å². The van der Waals surface area contributed by atoms with Crippen molar-refractivity contribution in [1.82, 2.24) is 0 Å². The summed E-state index contributed by atoms with van der Waals surface area (Å²) in [5.74, 6) is 0. The molecule has 0 saturated carbocycles. The van der Waals surface area contributed by atoms with Gasteiger partial charge in [-0.15, -0.1) is 0 Å². The summed E-state index contributed by atoms with van der Waals surface area (Å²) in [7, 11) is 0. The molecule has 2 nitrogen and oxygen atoms in total. The van der Waals surface area contributed by atoms with Crippen molar-refractivity contribution in [3.63, 3.8) is 0 Å². The minimum atomic E-state index is 0.771. The minimum absolute atomic E-state index is 0.771. The smallest absolute Gasteiger partial charge is 0.0540 e. The van der Waals surface area contributed by atoms with Crippen molar-refractivity contribution in [2.45, 2.75) is 0 Å². The zero-order chi connectivity index (χ0) is 28.3. The quantitative estimate of drug-likeness (QED) is 0.213. The van der Waals surface area contributed by atoms with Crippen molar-refractivity contribution in [2.24, 2.45) is 0 Å². The molecule has 0 aliphatic carbocycles. The molecule has 0 radical (unpaired) electrons. The summed E-state index contributed by atoms with van der Waals surface area (Å²) in [4.78, 5) is 2.34. The van der Waals surface area contributed by atoms with Gasteiger partial charge in [0.05, 0.1) is 5.69 Å². The molecule has 0 atom stereocenters. The second kappa shape index (κ2) is 11.1. The van der Waals surface area contributed by atoms with E-state index in [1.807, 2.05) is 12.1 Å². The maximum Gasteiger partial charge on any atom is 0.0540 e. The van der Waals surface area contributed by atoms with E-state index in [-0.39, 0.29) is 0 Å². The highest BCUT2D eigenvalue weighted by atomic mass is 15.1. The third-order valence-electron chi connectivity index (χ3n) is 7.83. The van der Waals surface area contributed by atoms with Gasteiger partial charge in [-0.25, -0.2) is 0 Å². The van der Waals surface area contributed by atoms with Crippen LogP contribution in [-0.4, -0.2) is 0 Å². The van der Waals surface area contributed by atoms with E-state index in [1.54, 1.807) is 0 Å². The number of rotatable bonds is 6. The number of nitrogens with two attached hydrogens (primary N) is 1. The van der Waals surface area contributed by atoms with Crippen molar-refractivity contribution >= 4 is 33.5 Å². The second-order valence-electron chi connectivity index (χ2n) is 10.5. The lowest BCUT2D eigenvalue weighted by molar-refractivity contribution is 1.30. The lowest BCUT2D eigenvalue weighted by atomic mass is 9.94. The van der Waals surface area contributed by atoms with Crippen molar-refractivity contribution in [2.75, 3.05) is 10.6 Å². The Kier molecular flexibility index (Phi) is 6.71. The van der Waals surface area contributed by atoms with E-state index in [1.165, 1.54) is 33.0 Å². The highest BCUT2D eigenvalue weighted by molar-refractivity contribution is 6.06. The first-order chi connectivity index (χ1) is 20.7. The fourth-order valence-corrected chi connectivity index (χ4v) is 5.69. The summed E-state index contributed by atoms with van der Waals surface area (Å²) in [5.41, 5.74) is 17.2. The van der Waals surface area contributed by atoms with Crippen molar-refractivity contribution in [1.29, 1.82) is 0 Å². The molecule has 0 aliphatic heterocycles. The number of nitrogen functional groups attached to an aromatic ring is 1. The Morgan fingerprint density at radius 3 is 1.43 bits per heavy atom. The van der Waals surface area contributed by atoms with E-state index >= 15 is 0 Å². The molecule has 42 heavy (non-hydrogen) atoms. The first-order valence-corrected chi connectivity index (χ1v) is 14.2. The first-order valence-electron chi connectivity index (χ1n) is 14.2. The third kappa shape index (κ3) is 4.91. The Morgan fingerprint density at radius 1 is 0.333 bits per heavy atom. The Balaban J connectivity index is 1.32. The maximum absolute atomic E-state index is 5.91. The average molecular weight is 539 g/mol. The summed E-state index contributed by atoms with van der Waals surface area (Å²) in [6.07, 6.45) is 0. The molecule has 0 aromatic heterocycles. The summed E-state index contributed by atoms with van der Waals surface area (Å²) in [6.45, 7) is 0. The SMILES string of the molecule is Nc1ccc(-c2ccc(N(c3ccccc3)c3ccc(-c4ccc(-c5ccccc5)cc4)c4ccccc34)cc2)cc1. The van der Waals surface area contributed by atoms with Crippen LogP contribution in [0.15, 0.2) is 170 Å². The number of fused-ring (bicyclic) bond motifs is 1. The van der Waals surface area contributed by atoms with Gasteiger partial charge in [0.25, 0.3) is 0 Å². The highest BCUT2D eigenvalue weighted by Crippen LogP contribution is 2.42. The fourth-order valence-electron chi connectivity index (χ4n) is 5.69. The normalized spacial score (nSPS) is 11.0. The summed E-state index contributed by atoms with van der Waals surface area (Å²) in [5, 5.41) is 2.43. The van der Waals surface area contributed by atoms with Crippen LogP contribution >= 0.6 is 0 Å². The van der Waals surface area contributed by atoms with Crippen LogP contribution in [0.25, 0.3) is 44.2 Å². The van der Waals surface area contributed by atoms with Gasteiger partial charge in [0.1, 0.15) is 0 Å². The topological polar surface area (TPSA) is 29.3 Å². The van der Waals surface area contributed by atoms with Crippen LogP contribution < -0.4 is 10.6 Å². The molecular weight excluding hydrogens is 508 g/mol. The van der Waals surface area contributed by atoms with Gasteiger partial charge in [-0.1, -0.05) is 127 Å². The number of hydrogen-bond donors (Lipinski definition) is 1. The molecule has 7 aromatic rings. The standard InChI is InChI=1S/C40H30N2/c41-34-23-19-31(20-24-34)32-21-25-36(26-22-32)42(35-11-5-2-6-12-35)40-28-27-37(38-13-7-8-14-39(38)40)33-17-15-30(16-18-33)29-9-3-1-4-10-29/h1-28H,41H2. The van der Waals surface area contributed by atoms with Crippen LogP contribution in [0.4, 0.5) is 22.7 Å². The number of hydrogen-bond acceptors (Lipinski definition) is 2. The van der Waals surface area contributed by atoms with E-state index in [0.717, 1.165) is 33.9 Å². The molecule has 0 amide bonds. The number of para-hydroxylation sites is 1. The van der Waals surface area contributed by atoms with Gasteiger partial charge in [-0.05, 0) is 81.2 Å². The summed E-state index contributed by atoms with van der Waals surface area (Å²) in [6, 6.07) is 60.0. The van der Waals surface area contributed by atoms with Crippen LogP contribution in [0, 0.1) is 0 Å². The van der Waals surface area contributed by atoms with Crippen molar-refractivity contribution in [3.8, 4) is 33.4 Å². The molecule has 0 aliphatic rings. The average Bonchev–Trinajstić information content (AvgIpc) is 3.07. The predicted molar refractivity (Wildman–Crippen MR) is 179 cm³/mol. The molecule has 2 N–H and O–H groups in total. The Labute approximate surface area is 246 Å². The van der Waals surface area contributed by atoms with E-state index in [0.29, 0.717) is 0 Å². The zero-order valence-electron chi connectivity index (χ0n) is 23.2. The second-order valence-corrected chi connectivity index (χ2v) is 10.5. The Morgan fingerprint density at radius 2 is 0.786 bits per heavy atom. The molecular formula is C40H30N2. The van der Waals surface area contributed by atoms with Gasteiger partial charge in [0, 0.05) is 22.4 Å². The van der Waals surface area contributed by atoms with Crippen LogP contribution in [0.1, 0.15) is 0 Å². The van der Waals surface area contributed by atoms with E-state index < -0.39 is 0 Å². The largest absolute Gasteiger partial charge is 0.399 e. The van der Waals surface area contributed by atoms with Crippen LogP contribution in [-0.2, 0) is 0 Å². The van der Waals surface area contributed by atoms with Gasteiger partial charge < -0.3 is 10.6 Å². The fraction of sp³-hybridized carbons (Fsp3) is 0. The number of anilines is 4. The minimum Gasteiger partial charge on any atom is -0.399 e. The molecule has 0 spiro atoms. The molecule has 2 heteroatoms. The molecule has 200 valence electrons. The van der Waals surface area contributed by atoms with Gasteiger partial charge in [0.2, 0.25) is 0 Å². The Hall–Kier alpha value is -5.60. The van der Waals surface area contributed by atoms with Gasteiger partial charge >= 0.3 is 0 Å². The van der Waals surface area contributed by atoms with E-state index in [2.05, 4.69) is 163 Å². The number of benzene rings is 7. The summed E-state index contributed by atoms with van der Waals surface area (Å²) < 4.78 is 0. The van der Waals surface area contributed by atoms with Gasteiger partial charge in [-0.3, -0.25) is 0 Å². The highest BCUT2D eigenvalue weighted by Gasteiger charge is 2.17. The van der Waals surface area contributed by atoms with Crippen LogP contribution in [0.2, 0.25) is 0 Å². The van der Waals surface area contributed by atoms with Crippen molar-refractivity contribution < 1.29 is 0 Å². The maximum atomic E-state index is 5.91. The lowest BCUT2D eigenvalue weighted by Gasteiger charge is -2.27. The number of nitrogens with zero attached hydrogens (tertiary/aromatic N) is 1. The summed E-state index contributed by atoms with van der Waals surface area (Å²) >= 11 is 0. The molecule has 0 unspecified atom stereocenters. The lowest BCUT2D eigenvalue weighted by Crippen LogP contribution is -2.10. The van der Waals surface area contributed by atoms with E-state index in [4.69, 9.17) is 5.73 Å². The molecule has 7 aromatic carbocycles. The molecule has 0 saturated heterocycles. The predicted octanol–water partition coefficient (Wildman–Crippen LogP) is 10.9. The third-order valence-corrected chi connectivity index (χ3v) is 7.83. The molecule has 7 rings (SSSR count). The molecule has 0 fully saturated rings. The van der Waals surface area contributed by atoms with Gasteiger partial charge in [0.15, 0.2) is 0 Å². The van der Waals surface area contributed by atoms with E-state index in [9.17, 15) is 0 Å². The zero-order valence-corrected chi connectivity index (χ0v) is 23.2. The van der Waals surface area contributed by atoms with Crippen LogP contribution in [0.3, 0.4) is 0 Å². The Bertz CT molecular complexity index is 1940. The van der Waals surface area contributed by atoms with Crippen LogP contribution in [0.5, 0.6) is 0 Å². The first kappa shape index (κ1) is 25.4. The monoisotopic (exact) mass is 538 g/mol. The molecule has 0 heterocycles.